The summed E-state index contributed by atoms with van der Waals surface area (Å²) in [5.74, 6) is 0.705. The minimum atomic E-state index is -0.0742. The summed E-state index contributed by atoms with van der Waals surface area (Å²) >= 11 is 7.48. The van der Waals surface area contributed by atoms with Gasteiger partial charge in [-0.3, -0.25) is 9.69 Å². The minimum Gasteiger partial charge on any atom is -0.497 e. The molecule has 2 aromatic carbocycles. The van der Waals surface area contributed by atoms with Crippen LogP contribution in [0.2, 0.25) is 5.02 Å². The first-order chi connectivity index (χ1) is 13.5. The van der Waals surface area contributed by atoms with Crippen LogP contribution in [0.4, 0.5) is 5.13 Å². The molecule has 0 spiro atoms. The average Bonchev–Trinajstić information content (AvgIpc) is 3.14. The van der Waals surface area contributed by atoms with E-state index in [0.717, 1.165) is 35.6 Å². The molecule has 156 valence electrons. The first-order valence-corrected chi connectivity index (χ1v) is 10.5. The molecule has 1 heterocycles. The number of amides is 1. The number of nitrogens with zero attached hydrogens (tertiary/aromatic N) is 3. The van der Waals surface area contributed by atoms with E-state index in [1.165, 1.54) is 11.3 Å². The van der Waals surface area contributed by atoms with E-state index in [9.17, 15) is 4.79 Å². The van der Waals surface area contributed by atoms with Gasteiger partial charge in [0.25, 0.3) is 5.91 Å². The van der Waals surface area contributed by atoms with Gasteiger partial charge in [0.05, 0.1) is 17.3 Å². The lowest BCUT2D eigenvalue weighted by Gasteiger charge is -2.24. The topological polar surface area (TPSA) is 45.7 Å². The summed E-state index contributed by atoms with van der Waals surface area (Å²) in [6.07, 6.45) is 0. The van der Waals surface area contributed by atoms with Gasteiger partial charge >= 0.3 is 0 Å². The lowest BCUT2D eigenvalue weighted by atomic mass is 10.2. The second kappa shape index (κ2) is 10.8. The molecule has 0 bridgehead atoms. The summed E-state index contributed by atoms with van der Waals surface area (Å²) in [7, 11) is 1.64. The van der Waals surface area contributed by atoms with E-state index in [1.807, 2.05) is 18.2 Å². The Balaban J connectivity index is 0.00000300. The molecule has 0 radical (unpaired) electrons. The summed E-state index contributed by atoms with van der Waals surface area (Å²) in [5.41, 5.74) is 1.46. The zero-order valence-electron chi connectivity index (χ0n) is 16.7. The fraction of sp³-hybridized carbons (Fsp3) is 0.333. The zero-order chi connectivity index (χ0) is 20.1. The molecule has 1 aromatic heterocycles. The van der Waals surface area contributed by atoms with Crippen LogP contribution in [-0.2, 0) is 0 Å². The van der Waals surface area contributed by atoms with Crippen molar-refractivity contribution in [2.75, 3.05) is 38.2 Å². The normalized spacial score (nSPS) is 10.8. The third kappa shape index (κ3) is 5.60. The number of methoxy groups -OCH3 is 1. The molecular weight excluding hydrogens is 429 g/mol. The highest BCUT2D eigenvalue weighted by molar-refractivity contribution is 7.22. The van der Waals surface area contributed by atoms with Crippen molar-refractivity contribution < 1.29 is 9.53 Å². The van der Waals surface area contributed by atoms with E-state index in [0.29, 0.717) is 22.3 Å². The monoisotopic (exact) mass is 453 g/mol. The second-order valence-corrected chi connectivity index (χ2v) is 7.77. The number of anilines is 1. The molecule has 5 nitrogen and oxygen atoms in total. The van der Waals surface area contributed by atoms with Gasteiger partial charge in [0.2, 0.25) is 0 Å². The fourth-order valence-corrected chi connectivity index (χ4v) is 4.09. The maximum Gasteiger partial charge on any atom is 0.260 e. The van der Waals surface area contributed by atoms with Crippen molar-refractivity contribution in [3.8, 4) is 5.75 Å². The number of ether oxygens (including phenoxy) is 1. The van der Waals surface area contributed by atoms with Crippen LogP contribution in [0.25, 0.3) is 10.2 Å². The molecule has 0 fully saturated rings. The molecule has 0 aliphatic heterocycles. The zero-order valence-corrected chi connectivity index (χ0v) is 19.1. The molecule has 0 aliphatic rings. The van der Waals surface area contributed by atoms with Crippen LogP contribution in [0.3, 0.4) is 0 Å². The first kappa shape index (κ1) is 23.4. The third-order valence-corrected chi connectivity index (χ3v) is 5.98. The number of rotatable bonds is 8. The Hall–Kier alpha value is -1.86. The van der Waals surface area contributed by atoms with Crippen molar-refractivity contribution in [1.82, 2.24) is 9.88 Å². The Morgan fingerprint density at radius 2 is 1.79 bits per heavy atom. The van der Waals surface area contributed by atoms with Gasteiger partial charge in [0.1, 0.15) is 5.75 Å². The number of aromatic nitrogens is 1. The highest BCUT2D eigenvalue weighted by Crippen LogP contribution is 2.32. The van der Waals surface area contributed by atoms with Gasteiger partial charge in [-0.25, -0.2) is 4.98 Å². The molecule has 0 aliphatic carbocycles. The van der Waals surface area contributed by atoms with Crippen molar-refractivity contribution in [2.45, 2.75) is 13.8 Å². The molecule has 1 amide bonds. The summed E-state index contributed by atoms with van der Waals surface area (Å²) < 4.78 is 6.30. The van der Waals surface area contributed by atoms with Gasteiger partial charge in [-0.1, -0.05) is 36.8 Å². The van der Waals surface area contributed by atoms with Gasteiger partial charge in [-0.15, -0.1) is 12.4 Å². The number of halogens is 2. The van der Waals surface area contributed by atoms with Crippen LogP contribution < -0.4 is 9.64 Å². The Kier molecular flexibility index (Phi) is 8.71. The number of hydrogen-bond donors (Lipinski definition) is 0. The maximum absolute atomic E-state index is 13.3. The second-order valence-electron chi connectivity index (χ2n) is 6.32. The molecule has 3 aromatic rings. The molecule has 3 rings (SSSR count). The highest BCUT2D eigenvalue weighted by Gasteiger charge is 2.22. The van der Waals surface area contributed by atoms with Crippen molar-refractivity contribution >= 4 is 56.6 Å². The number of thiazole rings is 1. The Morgan fingerprint density at radius 3 is 2.41 bits per heavy atom. The number of fused-ring (bicyclic) bond motifs is 1. The predicted octanol–water partition coefficient (Wildman–Crippen LogP) is 5.37. The van der Waals surface area contributed by atoms with Crippen LogP contribution in [-0.4, -0.2) is 49.1 Å². The van der Waals surface area contributed by atoms with Crippen molar-refractivity contribution in [2.24, 2.45) is 0 Å². The molecule has 0 N–H and O–H groups in total. The van der Waals surface area contributed by atoms with Crippen LogP contribution in [0.15, 0.2) is 42.5 Å². The summed E-state index contributed by atoms with van der Waals surface area (Å²) in [6.45, 7) is 7.48. The number of likely N-dealkylation sites (N-methyl/N-ethyl adjacent to an activating group) is 1. The van der Waals surface area contributed by atoms with Gasteiger partial charge in [-0.05, 0) is 55.6 Å². The van der Waals surface area contributed by atoms with Crippen LogP contribution >= 0.6 is 35.3 Å². The average molecular weight is 454 g/mol. The third-order valence-electron chi connectivity index (χ3n) is 4.69. The minimum absolute atomic E-state index is 0. The summed E-state index contributed by atoms with van der Waals surface area (Å²) in [4.78, 5) is 22.0. The van der Waals surface area contributed by atoms with Gasteiger partial charge in [0, 0.05) is 23.7 Å². The molecule has 8 heteroatoms. The largest absolute Gasteiger partial charge is 0.497 e. The smallest absolute Gasteiger partial charge is 0.260 e. The quantitative estimate of drug-likeness (QED) is 0.459. The molecule has 0 atom stereocenters. The standard InChI is InChI=1S/C21H24ClN3O2S.ClH/c1-4-24(5-2)12-13-25(20(26)15-6-8-16(22)9-7-15)21-23-18-11-10-17(27-3)14-19(18)28-21;/h6-11,14H,4-5,12-13H2,1-3H3;1H. The van der Waals surface area contributed by atoms with Gasteiger partial charge in [-0.2, -0.15) is 0 Å². The van der Waals surface area contributed by atoms with Crippen LogP contribution in [0.5, 0.6) is 5.75 Å². The lowest BCUT2D eigenvalue weighted by molar-refractivity contribution is 0.0984. The Morgan fingerprint density at radius 1 is 1.10 bits per heavy atom. The maximum atomic E-state index is 13.3. The van der Waals surface area contributed by atoms with Crippen LogP contribution in [0.1, 0.15) is 24.2 Å². The van der Waals surface area contributed by atoms with Crippen molar-refractivity contribution in [3.63, 3.8) is 0 Å². The lowest BCUT2D eigenvalue weighted by Crippen LogP contribution is -2.38. The van der Waals surface area contributed by atoms with E-state index >= 15 is 0 Å². The number of carbonyl (C=O) groups excluding carboxylic acids is 1. The molecule has 0 saturated heterocycles. The van der Waals surface area contributed by atoms with E-state index in [1.54, 1.807) is 36.3 Å². The fourth-order valence-electron chi connectivity index (χ4n) is 2.95. The number of carbonyl (C=O) groups is 1. The van der Waals surface area contributed by atoms with Gasteiger partial charge < -0.3 is 9.64 Å². The van der Waals surface area contributed by atoms with Gasteiger partial charge in [0.15, 0.2) is 5.13 Å². The first-order valence-electron chi connectivity index (χ1n) is 9.30. The Bertz CT molecular complexity index is 943. The van der Waals surface area contributed by atoms with E-state index in [2.05, 4.69) is 18.7 Å². The molecule has 29 heavy (non-hydrogen) atoms. The SMILES string of the molecule is CCN(CC)CCN(C(=O)c1ccc(Cl)cc1)c1nc2ccc(OC)cc2s1.Cl. The molecule has 0 unspecified atom stereocenters. The van der Waals surface area contributed by atoms with Crippen LogP contribution in [0, 0.1) is 0 Å². The van der Waals surface area contributed by atoms with Crippen molar-refractivity contribution in [3.05, 3.63) is 53.1 Å². The van der Waals surface area contributed by atoms with E-state index in [-0.39, 0.29) is 18.3 Å². The Labute approximate surface area is 186 Å². The number of hydrogen-bond acceptors (Lipinski definition) is 5. The molecular formula is C21H25Cl2N3O2S. The van der Waals surface area contributed by atoms with Crippen molar-refractivity contribution in [1.29, 1.82) is 0 Å². The summed E-state index contributed by atoms with van der Waals surface area (Å²) in [6, 6.07) is 12.7. The molecule has 0 saturated carbocycles. The summed E-state index contributed by atoms with van der Waals surface area (Å²) in [5, 5.41) is 1.30. The van der Waals surface area contributed by atoms with E-state index < -0.39 is 0 Å². The number of benzene rings is 2. The van der Waals surface area contributed by atoms with E-state index in [4.69, 9.17) is 21.3 Å². The highest BCUT2D eigenvalue weighted by atomic mass is 35.5. The predicted molar refractivity (Wildman–Crippen MR) is 124 cm³/mol.